The van der Waals surface area contributed by atoms with Crippen LogP contribution in [0.25, 0.3) is 0 Å². The zero-order valence-corrected chi connectivity index (χ0v) is 17.6. The van der Waals surface area contributed by atoms with Gasteiger partial charge >= 0.3 is 0 Å². The zero-order valence-electron chi connectivity index (χ0n) is 16.8. The van der Waals surface area contributed by atoms with Gasteiger partial charge in [0.1, 0.15) is 11.5 Å². The minimum Gasteiger partial charge on any atom is -0.511 e. The lowest BCUT2D eigenvalue weighted by Gasteiger charge is -2.14. The maximum Gasteiger partial charge on any atom is 0.239 e. The fraction of sp³-hybridized carbons (Fsp3) is 0.429. The van der Waals surface area contributed by atoms with Crippen LogP contribution < -0.4 is 5.32 Å². The summed E-state index contributed by atoms with van der Waals surface area (Å²) in [7, 11) is -3.62. The summed E-state index contributed by atoms with van der Waals surface area (Å²) >= 11 is 0. The minimum atomic E-state index is -3.62. The Morgan fingerprint density at radius 1 is 1.27 bits per heavy atom. The molecule has 30 heavy (non-hydrogen) atoms. The first-order chi connectivity index (χ1) is 14.4. The lowest BCUT2D eigenvalue weighted by atomic mass is 10.1. The predicted octanol–water partition coefficient (Wildman–Crippen LogP) is 2.33. The van der Waals surface area contributed by atoms with Crippen LogP contribution in [0.3, 0.4) is 0 Å². The van der Waals surface area contributed by atoms with E-state index in [4.69, 9.17) is 4.42 Å². The Morgan fingerprint density at radius 2 is 2.07 bits per heavy atom. The van der Waals surface area contributed by atoms with Crippen molar-refractivity contribution in [3.8, 4) is 0 Å². The smallest absolute Gasteiger partial charge is 0.239 e. The first kappa shape index (κ1) is 22.0. The summed E-state index contributed by atoms with van der Waals surface area (Å²) in [6.45, 7) is 3.15. The van der Waals surface area contributed by atoms with Gasteiger partial charge in [-0.15, -0.1) is 0 Å². The van der Waals surface area contributed by atoms with E-state index in [1.54, 1.807) is 6.20 Å². The second kappa shape index (κ2) is 10.4. The van der Waals surface area contributed by atoms with E-state index in [0.29, 0.717) is 18.4 Å². The van der Waals surface area contributed by atoms with E-state index >= 15 is 0 Å². The number of aryl methyl sites for hydroxylation is 1. The molecule has 0 aliphatic carbocycles. The van der Waals surface area contributed by atoms with Crippen molar-refractivity contribution in [1.82, 2.24) is 15.2 Å². The third-order valence-corrected chi connectivity index (χ3v) is 6.32. The van der Waals surface area contributed by atoms with E-state index in [1.165, 1.54) is 37.0 Å². The van der Waals surface area contributed by atoms with Gasteiger partial charge < -0.3 is 14.8 Å². The number of aromatic nitrogens is 1. The van der Waals surface area contributed by atoms with Crippen molar-refractivity contribution in [2.45, 2.75) is 38.0 Å². The molecule has 1 amide bonds. The summed E-state index contributed by atoms with van der Waals surface area (Å²) < 4.78 is 28.9. The van der Waals surface area contributed by atoms with Gasteiger partial charge in [0, 0.05) is 36.6 Å². The van der Waals surface area contributed by atoms with Gasteiger partial charge in [-0.1, -0.05) is 0 Å². The fourth-order valence-corrected chi connectivity index (χ4v) is 4.63. The molecule has 0 bridgehead atoms. The summed E-state index contributed by atoms with van der Waals surface area (Å²) in [6, 6.07) is 5.57. The second-order valence-corrected chi connectivity index (χ2v) is 9.57. The van der Waals surface area contributed by atoms with Crippen LogP contribution in [0.5, 0.6) is 0 Å². The lowest BCUT2D eigenvalue weighted by molar-refractivity contribution is -0.117. The Hall–Kier alpha value is -2.65. The zero-order chi connectivity index (χ0) is 21.4. The highest BCUT2D eigenvalue weighted by Gasteiger charge is 2.17. The van der Waals surface area contributed by atoms with Gasteiger partial charge in [-0.25, -0.2) is 8.42 Å². The number of likely N-dealkylation sites (tertiary alicyclic amines) is 1. The van der Waals surface area contributed by atoms with E-state index in [-0.39, 0.29) is 11.5 Å². The number of furan rings is 1. The summed E-state index contributed by atoms with van der Waals surface area (Å²) in [4.78, 5) is 18.6. The number of hydrogen-bond acceptors (Lipinski definition) is 7. The van der Waals surface area contributed by atoms with Crippen molar-refractivity contribution in [3.05, 3.63) is 65.7 Å². The van der Waals surface area contributed by atoms with Gasteiger partial charge in [0.05, 0.1) is 18.3 Å². The molecule has 0 spiro atoms. The average Bonchev–Trinajstić information content (AvgIpc) is 3.38. The largest absolute Gasteiger partial charge is 0.511 e. The van der Waals surface area contributed by atoms with Crippen LogP contribution in [0.1, 0.15) is 36.1 Å². The van der Waals surface area contributed by atoms with Gasteiger partial charge in [-0.2, -0.15) is 0 Å². The quantitative estimate of drug-likeness (QED) is 0.553. The highest BCUT2D eigenvalue weighted by atomic mass is 32.2. The van der Waals surface area contributed by atoms with Crippen LogP contribution in [-0.4, -0.2) is 48.2 Å². The maximum atomic E-state index is 12.0. The monoisotopic (exact) mass is 433 g/mol. The molecule has 0 atom stereocenters. The average molecular weight is 434 g/mol. The molecule has 1 aliphatic rings. The molecule has 0 saturated carbocycles. The van der Waals surface area contributed by atoms with Gasteiger partial charge in [-0.05, 0) is 56.1 Å². The number of allylic oxidation sites excluding steroid dienone is 1. The molecule has 3 heterocycles. The number of nitrogens with zero attached hydrogens (tertiary/aromatic N) is 2. The Bertz CT molecular complexity index is 964. The van der Waals surface area contributed by atoms with Crippen molar-refractivity contribution in [3.63, 3.8) is 0 Å². The van der Waals surface area contributed by atoms with Crippen molar-refractivity contribution in [2.75, 3.05) is 18.8 Å². The summed E-state index contributed by atoms with van der Waals surface area (Å²) in [5, 5.41) is 12.3. The highest BCUT2D eigenvalue weighted by Crippen LogP contribution is 2.14. The summed E-state index contributed by atoms with van der Waals surface area (Å²) in [5.41, 5.74) is 2.54. The number of aliphatic hydroxyl groups excluding tert-OH is 1. The molecule has 1 saturated heterocycles. The van der Waals surface area contributed by atoms with Crippen molar-refractivity contribution in [2.24, 2.45) is 0 Å². The SMILES string of the molecule is O=C(CS(=O)(=O)Cc1ccoc1)NC=C(O)CCc1cc(CN2CCCC2)ccn1. The molecule has 9 heteroatoms. The van der Waals surface area contributed by atoms with Crippen LogP contribution in [-0.2, 0) is 33.4 Å². The number of nitrogens with one attached hydrogen (secondary N) is 1. The fourth-order valence-electron chi connectivity index (χ4n) is 3.38. The molecule has 8 nitrogen and oxygen atoms in total. The van der Waals surface area contributed by atoms with E-state index in [0.717, 1.165) is 31.5 Å². The molecule has 162 valence electrons. The number of sulfone groups is 1. The van der Waals surface area contributed by atoms with Crippen LogP contribution in [0.15, 0.2) is 53.3 Å². The molecule has 0 unspecified atom stereocenters. The van der Waals surface area contributed by atoms with Crippen molar-refractivity contribution >= 4 is 15.7 Å². The Balaban J connectivity index is 1.44. The van der Waals surface area contributed by atoms with Gasteiger partial charge in [0.2, 0.25) is 5.91 Å². The van der Waals surface area contributed by atoms with Crippen molar-refractivity contribution < 1.29 is 22.7 Å². The summed E-state index contributed by atoms with van der Waals surface area (Å²) in [5.74, 6) is -1.67. The third kappa shape index (κ3) is 7.31. The molecule has 1 fully saturated rings. The number of aliphatic hydroxyl groups is 1. The van der Waals surface area contributed by atoms with Crippen LogP contribution in [0.2, 0.25) is 0 Å². The first-order valence-electron chi connectivity index (χ1n) is 9.95. The number of pyridine rings is 1. The van der Waals surface area contributed by atoms with E-state index in [9.17, 15) is 18.3 Å². The van der Waals surface area contributed by atoms with Crippen LogP contribution >= 0.6 is 0 Å². The van der Waals surface area contributed by atoms with Crippen LogP contribution in [0, 0.1) is 0 Å². The maximum absolute atomic E-state index is 12.0. The van der Waals surface area contributed by atoms with Gasteiger partial charge in [0.15, 0.2) is 9.84 Å². The molecule has 2 aromatic heterocycles. The van der Waals surface area contributed by atoms with E-state index < -0.39 is 21.5 Å². The van der Waals surface area contributed by atoms with Crippen LogP contribution in [0.4, 0.5) is 0 Å². The Morgan fingerprint density at radius 3 is 2.80 bits per heavy atom. The molecule has 3 rings (SSSR count). The molecule has 2 aromatic rings. The third-order valence-electron chi connectivity index (χ3n) is 4.84. The van der Waals surface area contributed by atoms with E-state index in [2.05, 4.69) is 15.2 Å². The predicted molar refractivity (Wildman–Crippen MR) is 112 cm³/mol. The Kier molecular flexibility index (Phi) is 7.64. The highest BCUT2D eigenvalue weighted by molar-refractivity contribution is 7.91. The lowest BCUT2D eigenvalue weighted by Crippen LogP contribution is -2.27. The minimum absolute atomic E-state index is 0.0395. The number of hydrogen-bond donors (Lipinski definition) is 2. The molecule has 0 radical (unpaired) electrons. The molecule has 2 N–H and O–H groups in total. The Labute approximate surface area is 176 Å². The second-order valence-electron chi connectivity index (χ2n) is 7.51. The molecular formula is C21H27N3O5S. The van der Waals surface area contributed by atoms with Gasteiger partial charge in [-0.3, -0.25) is 14.7 Å². The van der Waals surface area contributed by atoms with E-state index in [1.807, 2.05) is 12.1 Å². The number of carbonyl (C=O) groups excluding carboxylic acids is 1. The number of amides is 1. The first-order valence-corrected chi connectivity index (χ1v) is 11.8. The normalized spacial score (nSPS) is 15.4. The number of carbonyl (C=O) groups is 1. The standard InChI is InChI=1S/C21H27N3O5S/c25-20(12-23-21(26)16-30(27,28)15-18-6-10-29-14-18)4-3-19-11-17(5-7-22-19)13-24-8-1-2-9-24/h5-7,10-12,14,25H,1-4,8-9,13,15-16H2,(H,23,26). The molecule has 0 aromatic carbocycles. The number of rotatable bonds is 10. The molecular weight excluding hydrogens is 406 g/mol. The molecule has 1 aliphatic heterocycles. The van der Waals surface area contributed by atoms with Gasteiger partial charge in [0.25, 0.3) is 0 Å². The van der Waals surface area contributed by atoms with Crippen molar-refractivity contribution in [1.29, 1.82) is 0 Å². The summed E-state index contributed by atoms with van der Waals surface area (Å²) in [6.07, 6.45) is 8.92. The topological polar surface area (TPSA) is 113 Å².